The first-order valence-electron chi connectivity index (χ1n) is 6.22. The van der Waals surface area contributed by atoms with Gasteiger partial charge in [-0.2, -0.15) is 0 Å². The van der Waals surface area contributed by atoms with Gasteiger partial charge >= 0.3 is 5.69 Å². The highest BCUT2D eigenvalue weighted by Crippen LogP contribution is 2.31. The third-order valence-corrected chi connectivity index (χ3v) is 2.92. The number of rotatable bonds is 4. The van der Waals surface area contributed by atoms with E-state index in [9.17, 15) is 14.9 Å². The minimum atomic E-state index is -0.581. The molecule has 1 amide bonds. The summed E-state index contributed by atoms with van der Waals surface area (Å²) in [6, 6.07) is 11.5. The number of para-hydroxylation sites is 1. The first kappa shape index (κ1) is 14.5. The molecule has 0 saturated carbocycles. The molecular weight excluding hydrogens is 272 g/mol. The van der Waals surface area contributed by atoms with Gasteiger partial charge in [-0.1, -0.05) is 18.2 Å². The lowest BCUT2D eigenvalue weighted by atomic mass is 10.1. The van der Waals surface area contributed by atoms with Crippen LogP contribution >= 0.6 is 0 Å². The molecule has 0 radical (unpaired) electrons. The zero-order chi connectivity index (χ0) is 15.4. The summed E-state index contributed by atoms with van der Waals surface area (Å²) in [5.74, 6) is -0.506. The molecule has 0 heterocycles. The number of carbonyl (C=O) groups excluding carboxylic acids is 1. The summed E-state index contributed by atoms with van der Waals surface area (Å²) in [5, 5.41) is 13.7. The Hall–Kier alpha value is -2.89. The van der Waals surface area contributed by atoms with Gasteiger partial charge in [0.15, 0.2) is 0 Å². The molecule has 0 atom stereocenters. The normalized spacial score (nSPS) is 10.0. The third-order valence-electron chi connectivity index (χ3n) is 2.92. The van der Waals surface area contributed by atoms with Crippen LogP contribution in [0.5, 0.6) is 5.75 Å². The Morgan fingerprint density at radius 1 is 1.24 bits per heavy atom. The first-order chi connectivity index (χ1) is 10.0. The molecule has 0 aliphatic rings. The van der Waals surface area contributed by atoms with Gasteiger partial charge in [-0.15, -0.1) is 0 Å². The number of ether oxygens (including phenoxy) is 1. The fraction of sp³-hybridized carbons (Fsp3) is 0.133. The maximum Gasteiger partial charge on any atom is 0.311 e. The van der Waals surface area contributed by atoms with Crippen molar-refractivity contribution < 1.29 is 14.5 Å². The molecule has 0 spiro atoms. The van der Waals surface area contributed by atoms with Crippen LogP contribution in [0.1, 0.15) is 15.9 Å². The number of amides is 1. The number of nitrogens with zero attached hydrogens (tertiary/aromatic N) is 1. The van der Waals surface area contributed by atoms with Crippen LogP contribution < -0.4 is 10.1 Å². The summed E-state index contributed by atoms with van der Waals surface area (Å²) in [6.07, 6.45) is 0. The van der Waals surface area contributed by atoms with Crippen molar-refractivity contribution in [2.24, 2.45) is 0 Å². The number of nitrogens with one attached hydrogen (secondary N) is 1. The van der Waals surface area contributed by atoms with Crippen molar-refractivity contribution in [1.29, 1.82) is 0 Å². The standard InChI is InChI=1S/C15H14N2O4/c1-10-5-3-6-11(9-10)16-15(18)12-7-4-8-13(17(19)20)14(12)21-2/h3-9H,1-2H3,(H,16,18). The Kier molecular flexibility index (Phi) is 4.18. The van der Waals surface area contributed by atoms with Crippen LogP contribution in [0.3, 0.4) is 0 Å². The molecule has 0 aliphatic carbocycles. The summed E-state index contributed by atoms with van der Waals surface area (Å²) in [6.45, 7) is 1.91. The number of hydrogen-bond acceptors (Lipinski definition) is 4. The zero-order valence-corrected chi connectivity index (χ0v) is 11.6. The molecule has 2 aromatic rings. The Labute approximate surface area is 121 Å². The fourth-order valence-electron chi connectivity index (χ4n) is 1.98. The molecule has 2 aromatic carbocycles. The summed E-state index contributed by atoms with van der Waals surface area (Å²) < 4.78 is 5.02. The maximum absolute atomic E-state index is 12.3. The number of hydrogen-bond donors (Lipinski definition) is 1. The van der Waals surface area contributed by atoms with Gasteiger partial charge in [-0.05, 0) is 30.7 Å². The number of benzene rings is 2. The lowest BCUT2D eigenvalue weighted by molar-refractivity contribution is -0.385. The topological polar surface area (TPSA) is 81.5 Å². The number of methoxy groups -OCH3 is 1. The van der Waals surface area contributed by atoms with E-state index < -0.39 is 10.8 Å². The van der Waals surface area contributed by atoms with Gasteiger partial charge in [0.1, 0.15) is 0 Å². The summed E-state index contributed by atoms with van der Waals surface area (Å²) >= 11 is 0. The van der Waals surface area contributed by atoms with E-state index in [4.69, 9.17) is 4.74 Å². The second kappa shape index (κ2) is 6.04. The largest absolute Gasteiger partial charge is 0.490 e. The van der Waals surface area contributed by atoms with Crippen LogP contribution in [-0.4, -0.2) is 17.9 Å². The molecule has 0 fully saturated rings. The molecular formula is C15H14N2O4. The molecule has 0 aliphatic heterocycles. The van der Waals surface area contributed by atoms with E-state index in [1.807, 2.05) is 25.1 Å². The SMILES string of the molecule is COc1c(C(=O)Nc2cccc(C)c2)cccc1[N+](=O)[O-]. The van der Waals surface area contributed by atoms with Crippen LogP contribution in [-0.2, 0) is 0 Å². The molecule has 0 aromatic heterocycles. The Bertz CT molecular complexity index is 698. The monoisotopic (exact) mass is 286 g/mol. The van der Waals surface area contributed by atoms with Gasteiger partial charge in [0.2, 0.25) is 5.75 Å². The van der Waals surface area contributed by atoms with Gasteiger partial charge in [-0.25, -0.2) is 0 Å². The summed E-state index contributed by atoms with van der Waals surface area (Å²) in [4.78, 5) is 22.6. The van der Waals surface area contributed by atoms with Crippen molar-refractivity contribution in [1.82, 2.24) is 0 Å². The van der Waals surface area contributed by atoms with Crippen molar-refractivity contribution in [3.8, 4) is 5.75 Å². The van der Waals surface area contributed by atoms with E-state index in [0.29, 0.717) is 5.69 Å². The third kappa shape index (κ3) is 3.17. The number of nitro groups is 1. The zero-order valence-electron chi connectivity index (χ0n) is 11.6. The predicted octanol–water partition coefficient (Wildman–Crippen LogP) is 3.16. The number of anilines is 1. The van der Waals surface area contributed by atoms with Gasteiger partial charge in [0, 0.05) is 11.8 Å². The minimum absolute atomic E-state index is 0.0485. The van der Waals surface area contributed by atoms with Gasteiger partial charge < -0.3 is 10.1 Å². The highest BCUT2D eigenvalue weighted by Gasteiger charge is 2.22. The Morgan fingerprint density at radius 3 is 2.57 bits per heavy atom. The number of nitro benzene ring substituents is 1. The molecule has 0 bridgehead atoms. The van der Waals surface area contributed by atoms with E-state index in [-0.39, 0.29) is 17.0 Å². The smallest absolute Gasteiger partial charge is 0.311 e. The Balaban J connectivity index is 2.35. The highest BCUT2D eigenvalue weighted by molar-refractivity contribution is 6.07. The van der Waals surface area contributed by atoms with Crippen LogP contribution in [0.15, 0.2) is 42.5 Å². The van der Waals surface area contributed by atoms with Crippen molar-refractivity contribution in [3.63, 3.8) is 0 Å². The van der Waals surface area contributed by atoms with Gasteiger partial charge in [-0.3, -0.25) is 14.9 Å². The fourth-order valence-corrected chi connectivity index (χ4v) is 1.98. The second-order valence-corrected chi connectivity index (χ2v) is 4.44. The van der Waals surface area contributed by atoms with Crippen molar-refractivity contribution >= 4 is 17.3 Å². The van der Waals surface area contributed by atoms with Crippen LogP contribution in [0.25, 0.3) is 0 Å². The van der Waals surface area contributed by atoms with Crippen molar-refractivity contribution in [3.05, 3.63) is 63.7 Å². The molecule has 21 heavy (non-hydrogen) atoms. The number of aryl methyl sites for hydroxylation is 1. The molecule has 6 heteroatoms. The van der Waals surface area contributed by atoms with Crippen LogP contribution in [0.2, 0.25) is 0 Å². The summed E-state index contributed by atoms with van der Waals surface area (Å²) in [5.41, 5.74) is 1.50. The minimum Gasteiger partial charge on any atom is -0.490 e. The average molecular weight is 286 g/mol. The lowest BCUT2D eigenvalue weighted by Crippen LogP contribution is -2.14. The van der Waals surface area contributed by atoms with Crippen LogP contribution in [0, 0.1) is 17.0 Å². The van der Waals surface area contributed by atoms with E-state index in [2.05, 4.69) is 5.32 Å². The summed E-state index contributed by atoms with van der Waals surface area (Å²) in [7, 11) is 1.30. The van der Waals surface area contributed by atoms with E-state index >= 15 is 0 Å². The van der Waals surface area contributed by atoms with Crippen molar-refractivity contribution in [2.45, 2.75) is 6.92 Å². The molecule has 0 unspecified atom stereocenters. The first-order valence-corrected chi connectivity index (χ1v) is 6.22. The molecule has 0 saturated heterocycles. The molecule has 108 valence electrons. The van der Waals surface area contributed by atoms with E-state index in [1.54, 1.807) is 6.07 Å². The van der Waals surface area contributed by atoms with Crippen LogP contribution in [0.4, 0.5) is 11.4 Å². The molecule has 2 rings (SSSR count). The molecule has 1 N–H and O–H groups in total. The Morgan fingerprint density at radius 2 is 1.95 bits per heavy atom. The number of carbonyl (C=O) groups is 1. The highest BCUT2D eigenvalue weighted by atomic mass is 16.6. The quantitative estimate of drug-likeness (QED) is 0.691. The maximum atomic E-state index is 12.3. The van der Waals surface area contributed by atoms with Gasteiger partial charge in [0.25, 0.3) is 5.91 Å². The lowest BCUT2D eigenvalue weighted by Gasteiger charge is -2.10. The molecule has 6 nitrogen and oxygen atoms in total. The van der Waals surface area contributed by atoms with E-state index in [1.165, 1.54) is 25.3 Å². The van der Waals surface area contributed by atoms with Crippen molar-refractivity contribution in [2.75, 3.05) is 12.4 Å². The van der Waals surface area contributed by atoms with Gasteiger partial charge in [0.05, 0.1) is 17.6 Å². The van der Waals surface area contributed by atoms with E-state index in [0.717, 1.165) is 5.56 Å². The second-order valence-electron chi connectivity index (χ2n) is 4.44. The predicted molar refractivity (Wildman–Crippen MR) is 78.8 cm³/mol. The average Bonchev–Trinajstić information content (AvgIpc) is 2.46.